The van der Waals surface area contributed by atoms with Crippen LogP contribution in [0.3, 0.4) is 0 Å². The average Bonchev–Trinajstić information content (AvgIpc) is 2.61. The molecule has 2 rings (SSSR count). The molecule has 0 aliphatic carbocycles. The van der Waals surface area contributed by atoms with E-state index in [1.165, 1.54) is 12.1 Å². The van der Waals surface area contributed by atoms with Gasteiger partial charge in [-0.05, 0) is 36.2 Å². The van der Waals surface area contributed by atoms with Crippen LogP contribution in [0.15, 0.2) is 59.5 Å². The van der Waals surface area contributed by atoms with Crippen LogP contribution in [0.25, 0.3) is 0 Å². The van der Waals surface area contributed by atoms with Crippen molar-refractivity contribution in [3.05, 3.63) is 60.2 Å². The van der Waals surface area contributed by atoms with Crippen LogP contribution in [0.5, 0.6) is 5.75 Å². The molecule has 0 aliphatic rings. The van der Waals surface area contributed by atoms with Crippen LogP contribution in [0.4, 0.5) is 0 Å². The van der Waals surface area contributed by atoms with Gasteiger partial charge in [-0.15, -0.1) is 0 Å². The Kier molecular flexibility index (Phi) is 6.78. The van der Waals surface area contributed by atoms with Crippen molar-refractivity contribution in [2.75, 3.05) is 13.2 Å². The summed E-state index contributed by atoms with van der Waals surface area (Å²) in [6.45, 7) is 2.37. The fourth-order valence-corrected chi connectivity index (χ4v) is 3.42. The molecule has 0 aliphatic heterocycles. The lowest BCUT2D eigenvalue weighted by atomic mass is 10.1. The second-order valence-electron chi connectivity index (χ2n) is 5.44. The van der Waals surface area contributed by atoms with Crippen molar-refractivity contribution in [1.82, 2.24) is 4.72 Å². The first-order chi connectivity index (χ1) is 11.6. The first-order valence-electron chi connectivity index (χ1n) is 7.98. The summed E-state index contributed by atoms with van der Waals surface area (Å²) in [5.74, 6) is 0.643. The van der Waals surface area contributed by atoms with E-state index in [2.05, 4.69) is 11.6 Å². The molecule has 0 radical (unpaired) electrons. The van der Waals surface area contributed by atoms with Gasteiger partial charge in [0.1, 0.15) is 5.75 Å². The average molecular weight is 349 g/mol. The minimum absolute atomic E-state index is 0.139. The van der Waals surface area contributed by atoms with Gasteiger partial charge in [-0.1, -0.05) is 43.7 Å². The van der Waals surface area contributed by atoms with Crippen LogP contribution < -0.4 is 9.46 Å². The molecule has 0 unspecified atom stereocenters. The topological polar surface area (TPSA) is 75.6 Å². The third kappa shape index (κ3) is 5.06. The maximum absolute atomic E-state index is 12.5. The third-order valence-corrected chi connectivity index (χ3v) is 5.07. The molecular formula is C18H23NO4S. The molecule has 0 saturated carbocycles. The van der Waals surface area contributed by atoms with Crippen molar-refractivity contribution < 1.29 is 18.3 Å². The molecule has 0 heterocycles. The van der Waals surface area contributed by atoms with E-state index < -0.39 is 16.1 Å². The molecule has 2 N–H and O–H groups in total. The number of ether oxygens (including phenoxy) is 1. The second-order valence-corrected chi connectivity index (χ2v) is 7.15. The minimum Gasteiger partial charge on any atom is -0.494 e. The van der Waals surface area contributed by atoms with Crippen LogP contribution in [0, 0.1) is 0 Å². The van der Waals surface area contributed by atoms with Crippen molar-refractivity contribution >= 4 is 10.0 Å². The summed E-state index contributed by atoms with van der Waals surface area (Å²) in [5.41, 5.74) is 0.711. The van der Waals surface area contributed by atoms with E-state index in [-0.39, 0.29) is 11.5 Å². The number of rotatable bonds is 9. The molecule has 0 amide bonds. The van der Waals surface area contributed by atoms with Crippen molar-refractivity contribution in [2.45, 2.75) is 30.7 Å². The van der Waals surface area contributed by atoms with Gasteiger partial charge >= 0.3 is 0 Å². The number of hydrogen-bond acceptors (Lipinski definition) is 4. The molecule has 0 bridgehead atoms. The summed E-state index contributed by atoms with van der Waals surface area (Å²) in [6, 6.07) is 14.6. The zero-order chi connectivity index (χ0) is 17.4. The smallest absolute Gasteiger partial charge is 0.241 e. The molecule has 0 spiro atoms. The standard InChI is InChI=1S/C18H23NO4S/c1-2-3-13-23-16-9-11-17(12-10-16)24(21,22)19-18(14-20)15-7-5-4-6-8-15/h4-12,18-20H,2-3,13-14H2,1H3/t18-/m0/s1. The zero-order valence-electron chi connectivity index (χ0n) is 13.7. The summed E-state index contributed by atoms with van der Waals surface area (Å²) < 4.78 is 33.0. The molecule has 130 valence electrons. The Labute approximate surface area is 143 Å². The Morgan fingerprint density at radius 2 is 1.75 bits per heavy atom. The number of aliphatic hydroxyl groups excluding tert-OH is 1. The molecule has 0 fully saturated rings. The first-order valence-corrected chi connectivity index (χ1v) is 9.46. The predicted molar refractivity (Wildman–Crippen MR) is 93.4 cm³/mol. The quantitative estimate of drug-likeness (QED) is 0.683. The monoisotopic (exact) mass is 349 g/mol. The van der Waals surface area contributed by atoms with E-state index in [0.29, 0.717) is 17.9 Å². The van der Waals surface area contributed by atoms with Crippen LogP contribution in [-0.2, 0) is 10.0 Å². The van der Waals surface area contributed by atoms with E-state index in [0.717, 1.165) is 12.8 Å². The van der Waals surface area contributed by atoms with Crippen LogP contribution >= 0.6 is 0 Å². The third-order valence-electron chi connectivity index (χ3n) is 3.58. The summed E-state index contributed by atoms with van der Waals surface area (Å²) in [7, 11) is -3.73. The maximum atomic E-state index is 12.5. The van der Waals surface area contributed by atoms with Gasteiger partial charge in [0.05, 0.1) is 24.2 Å². The van der Waals surface area contributed by atoms with Gasteiger partial charge < -0.3 is 9.84 Å². The highest BCUT2D eigenvalue weighted by atomic mass is 32.2. The number of benzene rings is 2. The lowest BCUT2D eigenvalue weighted by Gasteiger charge is -2.17. The fraction of sp³-hybridized carbons (Fsp3) is 0.333. The highest BCUT2D eigenvalue weighted by Gasteiger charge is 2.20. The molecule has 5 nitrogen and oxygen atoms in total. The van der Waals surface area contributed by atoms with Crippen LogP contribution in [0.1, 0.15) is 31.4 Å². The van der Waals surface area contributed by atoms with Gasteiger partial charge in [0.25, 0.3) is 0 Å². The minimum atomic E-state index is -3.73. The van der Waals surface area contributed by atoms with E-state index in [9.17, 15) is 13.5 Å². The van der Waals surface area contributed by atoms with Crippen molar-refractivity contribution in [2.24, 2.45) is 0 Å². The van der Waals surface area contributed by atoms with Crippen molar-refractivity contribution in [3.8, 4) is 5.75 Å². The summed E-state index contributed by atoms with van der Waals surface area (Å²) in [6.07, 6.45) is 2.00. The van der Waals surface area contributed by atoms with E-state index in [1.807, 2.05) is 6.07 Å². The molecule has 24 heavy (non-hydrogen) atoms. The Morgan fingerprint density at radius 3 is 2.33 bits per heavy atom. The Bertz CT molecular complexity index is 714. The number of sulfonamides is 1. The summed E-state index contributed by atoms with van der Waals surface area (Å²) in [5, 5.41) is 9.51. The highest BCUT2D eigenvalue weighted by molar-refractivity contribution is 7.89. The van der Waals surface area contributed by atoms with E-state index >= 15 is 0 Å². The van der Waals surface area contributed by atoms with Gasteiger partial charge in [0.2, 0.25) is 10.0 Å². The van der Waals surface area contributed by atoms with Gasteiger partial charge in [0, 0.05) is 0 Å². The van der Waals surface area contributed by atoms with Gasteiger partial charge in [0.15, 0.2) is 0 Å². The predicted octanol–water partition coefficient (Wildman–Crippen LogP) is 2.88. The highest BCUT2D eigenvalue weighted by Crippen LogP contribution is 2.19. The number of hydrogen-bond donors (Lipinski definition) is 2. The van der Waals surface area contributed by atoms with Crippen molar-refractivity contribution in [3.63, 3.8) is 0 Å². The maximum Gasteiger partial charge on any atom is 0.241 e. The molecular weight excluding hydrogens is 326 g/mol. The SMILES string of the molecule is CCCCOc1ccc(S(=O)(=O)N[C@@H](CO)c2ccccc2)cc1. The summed E-state index contributed by atoms with van der Waals surface area (Å²) >= 11 is 0. The number of nitrogens with one attached hydrogen (secondary N) is 1. The van der Waals surface area contributed by atoms with E-state index in [4.69, 9.17) is 4.74 Å². The summed E-state index contributed by atoms with van der Waals surface area (Å²) in [4.78, 5) is 0.139. The number of aliphatic hydroxyl groups is 1. The largest absolute Gasteiger partial charge is 0.494 e. The Balaban J connectivity index is 2.09. The number of unbranched alkanes of at least 4 members (excludes halogenated alkanes) is 1. The second kappa shape index (κ2) is 8.82. The molecule has 2 aromatic rings. The van der Waals surface area contributed by atoms with Crippen LogP contribution in [-0.4, -0.2) is 26.7 Å². The fourth-order valence-electron chi connectivity index (χ4n) is 2.20. The van der Waals surface area contributed by atoms with Gasteiger partial charge in [-0.25, -0.2) is 13.1 Å². The molecule has 6 heteroatoms. The van der Waals surface area contributed by atoms with Gasteiger partial charge in [-0.2, -0.15) is 0 Å². The molecule has 2 aromatic carbocycles. The normalized spacial score (nSPS) is 12.8. The molecule has 0 saturated heterocycles. The van der Waals surface area contributed by atoms with Crippen molar-refractivity contribution in [1.29, 1.82) is 0 Å². The first kappa shape index (κ1) is 18.4. The van der Waals surface area contributed by atoms with E-state index in [1.54, 1.807) is 36.4 Å². The Hall–Kier alpha value is -1.89. The lowest BCUT2D eigenvalue weighted by Crippen LogP contribution is -2.30. The Morgan fingerprint density at radius 1 is 1.08 bits per heavy atom. The van der Waals surface area contributed by atoms with Gasteiger partial charge in [-0.3, -0.25) is 0 Å². The van der Waals surface area contributed by atoms with Crippen LogP contribution in [0.2, 0.25) is 0 Å². The molecule has 1 atom stereocenters. The zero-order valence-corrected chi connectivity index (χ0v) is 14.5. The lowest BCUT2D eigenvalue weighted by molar-refractivity contribution is 0.259. The molecule has 0 aromatic heterocycles.